The number of aromatic nitrogens is 4. The number of Topliss-reactive ketones (excluding diaryl/α,β-unsaturated/α-hetero) is 1. The zero-order chi connectivity index (χ0) is 27.5. The summed E-state index contributed by atoms with van der Waals surface area (Å²) in [5.41, 5.74) is 5.56. The molecule has 0 radical (unpaired) electrons. The van der Waals surface area contributed by atoms with Crippen LogP contribution >= 0.6 is 0 Å². The van der Waals surface area contributed by atoms with Crippen LogP contribution in [0.5, 0.6) is 0 Å². The third kappa shape index (κ3) is 5.65. The van der Waals surface area contributed by atoms with Crippen LogP contribution in [0.2, 0.25) is 0 Å². The highest BCUT2D eigenvalue weighted by Crippen LogP contribution is 2.31. The number of halogens is 1. The van der Waals surface area contributed by atoms with E-state index in [2.05, 4.69) is 26.0 Å². The fourth-order valence-corrected chi connectivity index (χ4v) is 5.13. The number of hydrogen-bond acceptors (Lipinski definition) is 8. The van der Waals surface area contributed by atoms with Crippen LogP contribution < -0.4 is 4.90 Å². The van der Waals surface area contributed by atoms with Crippen molar-refractivity contribution in [2.75, 3.05) is 31.7 Å². The quantitative estimate of drug-likeness (QED) is 0.350. The molecular formula is C30H32FN5O3. The summed E-state index contributed by atoms with van der Waals surface area (Å²) in [6.07, 6.45) is 6.79. The van der Waals surface area contributed by atoms with Gasteiger partial charge in [-0.2, -0.15) is 0 Å². The highest BCUT2D eigenvalue weighted by molar-refractivity contribution is 5.88. The number of anilines is 1. The molecule has 202 valence electrons. The van der Waals surface area contributed by atoms with E-state index >= 15 is 0 Å². The van der Waals surface area contributed by atoms with Crippen molar-refractivity contribution in [3.63, 3.8) is 0 Å². The molecule has 1 aliphatic heterocycles. The highest BCUT2D eigenvalue weighted by Gasteiger charge is 2.21. The van der Waals surface area contributed by atoms with Crippen LogP contribution in [-0.4, -0.2) is 57.6 Å². The zero-order valence-corrected chi connectivity index (χ0v) is 22.4. The van der Waals surface area contributed by atoms with E-state index in [1.54, 1.807) is 18.5 Å². The number of carbonyl (C=O) groups is 1. The Morgan fingerprint density at radius 3 is 2.62 bits per heavy atom. The maximum absolute atomic E-state index is 14.9. The standard InChI is InChI=1S/C30H32FN5O3/c1-18(29-25(31)7-9-27(35-29)28(17-37)39-3)11-23-19(2)13-32-26-8-6-20(12-24(23)26)21-14-33-30(34-15-21)36-10-4-5-22(38)16-36/h6-9,12-15,18,28,37H,4-5,10-11,16-17H2,1-3H3. The fraction of sp³-hybridized carbons (Fsp3) is 0.367. The molecule has 2 unspecified atom stereocenters. The van der Waals surface area contributed by atoms with Gasteiger partial charge in [-0.25, -0.2) is 14.4 Å². The number of hydrogen-bond donors (Lipinski definition) is 1. The molecule has 4 aromatic rings. The normalized spacial score (nSPS) is 15.5. The summed E-state index contributed by atoms with van der Waals surface area (Å²) in [5.74, 6) is 0.155. The summed E-state index contributed by atoms with van der Waals surface area (Å²) in [5, 5.41) is 10.6. The zero-order valence-electron chi connectivity index (χ0n) is 22.4. The first-order valence-electron chi connectivity index (χ1n) is 13.1. The second-order valence-electron chi connectivity index (χ2n) is 10.1. The van der Waals surface area contributed by atoms with Crippen molar-refractivity contribution >= 4 is 22.6 Å². The predicted octanol–water partition coefficient (Wildman–Crippen LogP) is 4.73. The van der Waals surface area contributed by atoms with Crippen molar-refractivity contribution in [1.29, 1.82) is 0 Å². The molecule has 39 heavy (non-hydrogen) atoms. The van der Waals surface area contributed by atoms with Gasteiger partial charge < -0.3 is 14.7 Å². The summed E-state index contributed by atoms with van der Waals surface area (Å²) in [6.45, 7) is 4.85. The number of aliphatic hydroxyl groups is 1. The van der Waals surface area contributed by atoms with E-state index in [0.29, 0.717) is 36.7 Å². The largest absolute Gasteiger partial charge is 0.393 e. The molecule has 3 aromatic heterocycles. The van der Waals surface area contributed by atoms with Gasteiger partial charge in [0.25, 0.3) is 0 Å². The molecule has 1 fully saturated rings. The first-order valence-corrected chi connectivity index (χ1v) is 13.1. The molecule has 0 amide bonds. The summed E-state index contributed by atoms with van der Waals surface area (Å²) < 4.78 is 20.2. The van der Waals surface area contributed by atoms with Gasteiger partial charge in [-0.15, -0.1) is 0 Å². The van der Waals surface area contributed by atoms with Crippen LogP contribution in [0.4, 0.5) is 10.3 Å². The Labute approximate surface area is 226 Å². The lowest BCUT2D eigenvalue weighted by Crippen LogP contribution is -2.36. The molecule has 1 N–H and O–H groups in total. The van der Waals surface area contributed by atoms with Gasteiger partial charge in [-0.1, -0.05) is 13.0 Å². The minimum absolute atomic E-state index is 0.210. The van der Waals surface area contributed by atoms with E-state index in [9.17, 15) is 14.3 Å². The van der Waals surface area contributed by atoms with Crippen molar-refractivity contribution in [2.24, 2.45) is 0 Å². The van der Waals surface area contributed by atoms with Gasteiger partial charge in [-0.05, 0) is 60.7 Å². The number of rotatable bonds is 8. The Bertz CT molecular complexity index is 1490. The van der Waals surface area contributed by atoms with Crippen LogP contribution in [0.1, 0.15) is 54.3 Å². The molecule has 9 heteroatoms. The van der Waals surface area contributed by atoms with Crippen LogP contribution in [0, 0.1) is 12.7 Å². The number of fused-ring (bicyclic) bond motifs is 1. The van der Waals surface area contributed by atoms with Crippen LogP contribution in [0.25, 0.3) is 22.0 Å². The number of nitrogens with zero attached hydrogens (tertiary/aromatic N) is 5. The molecule has 0 bridgehead atoms. The van der Waals surface area contributed by atoms with Gasteiger partial charge in [-0.3, -0.25) is 14.8 Å². The van der Waals surface area contributed by atoms with Crippen LogP contribution in [0.3, 0.4) is 0 Å². The van der Waals surface area contributed by atoms with Crippen molar-refractivity contribution in [2.45, 2.75) is 45.1 Å². The van der Waals surface area contributed by atoms with E-state index < -0.39 is 6.10 Å². The molecule has 2 atom stereocenters. The third-order valence-corrected chi connectivity index (χ3v) is 7.35. The number of ether oxygens (including phenoxy) is 1. The first-order chi connectivity index (χ1) is 18.9. The molecule has 1 aliphatic rings. The summed E-state index contributed by atoms with van der Waals surface area (Å²) in [6, 6.07) is 8.97. The summed E-state index contributed by atoms with van der Waals surface area (Å²) in [7, 11) is 1.49. The van der Waals surface area contributed by atoms with Gasteiger partial charge in [0.15, 0.2) is 5.78 Å². The second-order valence-corrected chi connectivity index (χ2v) is 10.1. The molecule has 1 aromatic carbocycles. The first kappa shape index (κ1) is 26.8. The molecule has 0 spiro atoms. The van der Waals surface area contributed by atoms with E-state index in [1.165, 1.54) is 13.2 Å². The Balaban J connectivity index is 1.45. The van der Waals surface area contributed by atoms with Crippen molar-refractivity contribution in [3.05, 3.63) is 77.3 Å². The summed E-state index contributed by atoms with van der Waals surface area (Å²) >= 11 is 0. The average Bonchev–Trinajstić information content (AvgIpc) is 2.96. The lowest BCUT2D eigenvalue weighted by molar-refractivity contribution is -0.118. The number of methoxy groups -OCH3 is 1. The molecular weight excluding hydrogens is 497 g/mol. The maximum atomic E-state index is 14.9. The Hall–Kier alpha value is -3.82. The van der Waals surface area contributed by atoms with Crippen LogP contribution in [-0.2, 0) is 16.0 Å². The van der Waals surface area contributed by atoms with Crippen molar-refractivity contribution < 1.29 is 19.0 Å². The minimum Gasteiger partial charge on any atom is -0.393 e. The monoisotopic (exact) mass is 529 g/mol. The predicted molar refractivity (Wildman–Crippen MR) is 147 cm³/mol. The number of ketones is 1. The number of piperidine rings is 1. The maximum Gasteiger partial charge on any atom is 0.225 e. The van der Waals surface area contributed by atoms with Crippen molar-refractivity contribution in [3.8, 4) is 11.1 Å². The SMILES string of the molecule is COC(CO)c1ccc(F)c(C(C)Cc2c(C)cnc3ccc(-c4cnc(N5CCCC(=O)C5)nc4)cc23)n1. The number of aliphatic hydroxyl groups excluding tert-OH is 1. The Kier molecular flexibility index (Phi) is 7.90. The topological polar surface area (TPSA) is 101 Å². The number of aryl methyl sites for hydroxylation is 1. The lowest BCUT2D eigenvalue weighted by Gasteiger charge is -2.25. The number of carbonyl (C=O) groups excluding carboxylic acids is 1. The summed E-state index contributed by atoms with van der Waals surface area (Å²) in [4.78, 5) is 32.0. The van der Waals surface area contributed by atoms with Gasteiger partial charge >= 0.3 is 0 Å². The lowest BCUT2D eigenvalue weighted by atomic mass is 9.91. The van der Waals surface area contributed by atoms with Gasteiger partial charge in [0, 0.05) is 55.5 Å². The number of benzene rings is 1. The smallest absolute Gasteiger partial charge is 0.225 e. The van der Waals surface area contributed by atoms with Crippen LogP contribution in [0.15, 0.2) is 48.9 Å². The molecule has 4 heterocycles. The van der Waals surface area contributed by atoms with E-state index in [4.69, 9.17) is 4.74 Å². The van der Waals surface area contributed by atoms with Crippen molar-refractivity contribution in [1.82, 2.24) is 19.9 Å². The molecule has 0 saturated carbocycles. The van der Waals surface area contributed by atoms with Gasteiger partial charge in [0.2, 0.25) is 5.95 Å². The third-order valence-electron chi connectivity index (χ3n) is 7.35. The second kappa shape index (κ2) is 11.5. The van der Waals surface area contributed by atoms with Gasteiger partial charge in [0.1, 0.15) is 11.9 Å². The molecule has 5 rings (SSSR count). The molecule has 8 nitrogen and oxygen atoms in total. The number of pyridine rings is 2. The Morgan fingerprint density at radius 2 is 1.90 bits per heavy atom. The molecule has 1 saturated heterocycles. The Morgan fingerprint density at radius 1 is 1.10 bits per heavy atom. The molecule has 0 aliphatic carbocycles. The average molecular weight is 530 g/mol. The fourth-order valence-electron chi connectivity index (χ4n) is 5.13. The highest BCUT2D eigenvalue weighted by atomic mass is 19.1. The van der Waals surface area contributed by atoms with E-state index in [1.807, 2.05) is 37.1 Å². The van der Waals surface area contributed by atoms with Gasteiger partial charge in [0.05, 0.1) is 30.1 Å². The van der Waals surface area contributed by atoms with E-state index in [-0.39, 0.29) is 24.1 Å². The van der Waals surface area contributed by atoms with E-state index in [0.717, 1.165) is 46.1 Å². The minimum atomic E-state index is -0.605.